The molecular formula is C6H9BF3KN2. The molecule has 0 saturated heterocycles. The van der Waals surface area contributed by atoms with Gasteiger partial charge in [0, 0.05) is 12.1 Å². The number of aryl methyl sites for hydroxylation is 2. The standard InChI is InChI=1S/C6H9BF3N2.K/c1-5-3-6(2)12(11-5)4-7(8,9)10;/h3H,4H2,1-2H3;/q-1;+1. The van der Waals surface area contributed by atoms with Crippen molar-refractivity contribution in [2.75, 3.05) is 0 Å². The zero-order chi connectivity index (χ0) is 9.35. The summed E-state index contributed by atoms with van der Waals surface area (Å²) in [6, 6.07) is 1.63. The Kier molecular flexibility index (Phi) is 5.24. The molecule has 2 nitrogen and oxygen atoms in total. The van der Waals surface area contributed by atoms with Crippen LogP contribution in [0.2, 0.25) is 0 Å². The van der Waals surface area contributed by atoms with Crippen molar-refractivity contribution in [2.45, 2.75) is 20.3 Å². The fourth-order valence-corrected chi connectivity index (χ4v) is 1.06. The van der Waals surface area contributed by atoms with E-state index in [4.69, 9.17) is 0 Å². The number of halogens is 3. The summed E-state index contributed by atoms with van der Waals surface area (Å²) in [5.74, 6) is 0. The second-order valence-corrected chi connectivity index (χ2v) is 2.82. The molecule has 68 valence electrons. The first-order valence-corrected chi connectivity index (χ1v) is 3.60. The zero-order valence-corrected chi connectivity index (χ0v) is 11.0. The van der Waals surface area contributed by atoms with Crippen molar-refractivity contribution in [3.8, 4) is 0 Å². The second-order valence-electron chi connectivity index (χ2n) is 2.82. The van der Waals surface area contributed by atoms with Gasteiger partial charge in [0.15, 0.2) is 0 Å². The van der Waals surface area contributed by atoms with Crippen LogP contribution in [-0.4, -0.2) is 16.8 Å². The van der Waals surface area contributed by atoms with Crippen molar-refractivity contribution < 1.29 is 64.3 Å². The van der Waals surface area contributed by atoms with Crippen LogP contribution < -0.4 is 51.4 Å². The van der Waals surface area contributed by atoms with Gasteiger partial charge in [0.05, 0.1) is 5.69 Å². The van der Waals surface area contributed by atoms with Crippen molar-refractivity contribution >= 4 is 6.98 Å². The quantitative estimate of drug-likeness (QED) is 0.573. The van der Waals surface area contributed by atoms with Crippen LogP contribution >= 0.6 is 0 Å². The Morgan fingerprint density at radius 1 is 1.38 bits per heavy atom. The molecule has 0 aliphatic rings. The van der Waals surface area contributed by atoms with Gasteiger partial charge in [0.2, 0.25) is 0 Å². The predicted molar refractivity (Wildman–Crippen MR) is 40.8 cm³/mol. The van der Waals surface area contributed by atoms with E-state index in [1.165, 1.54) is 0 Å². The first-order chi connectivity index (χ1) is 5.38. The molecule has 0 N–H and O–H groups in total. The molecule has 0 fully saturated rings. The summed E-state index contributed by atoms with van der Waals surface area (Å²) < 4.78 is 36.8. The summed E-state index contributed by atoms with van der Waals surface area (Å²) in [6.07, 6.45) is -0.945. The molecule has 0 aliphatic heterocycles. The third-order valence-corrected chi connectivity index (χ3v) is 1.48. The average molecular weight is 216 g/mol. The summed E-state index contributed by atoms with van der Waals surface area (Å²) in [7, 11) is 0. The van der Waals surface area contributed by atoms with Crippen LogP contribution in [0.3, 0.4) is 0 Å². The Balaban J connectivity index is 0.00000144. The smallest absolute Gasteiger partial charge is 0.448 e. The topological polar surface area (TPSA) is 17.8 Å². The van der Waals surface area contributed by atoms with E-state index >= 15 is 0 Å². The van der Waals surface area contributed by atoms with Gasteiger partial charge in [0.25, 0.3) is 0 Å². The summed E-state index contributed by atoms with van der Waals surface area (Å²) in [6.45, 7) is -1.50. The summed E-state index contributed by atoms with van der Waals surface area (Å²) in [4.78, 5) is 0. The Morgan fingerprint density at radius 3 is 2.23 bits per heavy atom. The van der Waals surface area contributed by atoms with Gasteiger partial charge < -0.3 is 12.9 Å². The van der Waals surface area contributed by atoms with E-state index in [0.29, 0.717) is 11.4 Å². The minimum absolute atomic E-state index is 0. The fraction of sp³-hybridized carbons (Fsp3) is 0.500. The van der Waals surface area contributed by atoms with Crippen molar-refractivity contribution in [3.63, 3.8) is 0 Å². The van der Waals surface area contributed by atoms with Crippen LogP contribution in [0.25, 0.3) is 0 Å². The van der Waals surface area contributed by atoms with E-state index in [1.54, 1.807) is 19.9 Å². The molecular weight excluding hydrogens is 207 g/mol. The molecule has 0 aliphatic carbocycles. The molecule has 7 heteroatoms. The van der Waals surface area contributed by atoms with Crippen molar-refractivity contribution in [3.05, 3.63) is 17.5 Å². The summed E-state index contributed by atoms with van der Waals surface area (Å²) >= 11 is 0. The molecule has 1 aromatic heterocycles. The molecule has 1 rings (SSSR count). The molecule has 13 heavy (non-hydrogen) atoms. The van der Waals surface area contributed by atoms with Gasteiger partial charge in [0.1, 0.15) is 0 Å². The first kappa shape index (κ1) is 13.7. The van der Waals surface area contributed by atoms with Crippen LogP contribution in [-0.2, 0) is 6.44 Å². The first-order valence-electron chi connectivity index (χ1n) is 3.60. The van der Waals surface area contributed by atoms with Gasteiger partial charge in [-0.2, -0.15) is 5.10 Å². The van der Waals surface area contributed by atoms with Crippen molar-refractivity contribution in [1.82, 2.24) is 9.78 Å². The third-order valence-electron chi connectivity index (χ3n) is 1.48. The SMILES string of the molecule is Cc1cc(C)n(C[B-](F)(F)F)n1.[K+]. The average Bonchev–Trinajstić information content (AvgIpc) is 2.06. The van der Waals surface area contributed by atoms with E-state index in [9.17, 15) is 12.9 Å². The Morgan fingerprint density at radius 2 is 1.92 bits per heavy atom. The largest absolute Gasteiger partial charge is 1.00 e. The maximum Gasteiger partial charge on any atom is 1.00 e. The molecule has 0 radical (unpaired) electrons. The van der Waals surface area contributed by atoms with E-state index in [1.807, 2.05) is 0 Å². The van der Waals surface area contributed by atoms with Crippen molar-refractivity contribution in [2.24, 2.45) is 0 Å². The summed E-state index contributed by atoms with van der Waals surface area (Å²) in [5.41, 5.74) is 1.17. The van der Waals surface area contributed by atoms with Crippen molar-refractivity contribution in [1.29, 1.82) is 0 Å². The molecule has 1 heterocycles. The van der Waals surface area contributed by atoms with Crippen LogP contribution in [0.15, 0.2) is 6.07 Å². The fourth-order valence-electron chi connectivity index (χ4n) is 1.06. The maximum absolute atomic E-state index is 11.9. The molecule has 0 amide bonds. The minimum Gasteiger partial charge on any atom is -0.448 e. The zero-order valence-electron chi connectivity index (χ0n) is 7.89. The van der Waals surface area contributed by atoms with E-state index in [2.05, 4.69) is 5.10 Å². The predicted octanol–water partition coefficient (Wildman–Crippen LogP) is -1.11. The Bertz CT molecular complexity index is 284. The minimum atomic E-state index is -4.79. The summed E-state index contributed by atoms with van der Waals surface area (Å²) in [5, 5.41) is 3.71. The molecule has 0 bridgehead atoms. The molecule has 0 unspecified atom stereocenters. The van der Waals surface area contributed by atoms with Crippen LogP contribution in [0.5, 0.6) is 0 Å². The van der Waals surface area contributed by atoms with Gasteiger partial charge in [-0.15, -0.1) is 0 Å². The second kappa shape index (κ2) is 4.97. The molecule has 0 saturated carbocycles. The normalized spacial score (nSPS) is 11.2. The Labute approximate surface area is 117 Å². The number of nitrogens with zero attached hydrogens (tertiary/aromatic N) is 2. The van der Waals surface area contributed by atoms with Crippen LogP contribution in [0, 0.1) is 13.8 Å². The number of rotatable bonds is 2. The number of aromatic nitrogens is 2. The van der Waals surface area contributed by atoms with Gasteiger partial charge in [-0.1, -0.05) is 0 Å². The maximum atomic E-state index is 11.9. The van der Waals surface area contributed by atoms with Gasteiger partial charge >= 0.3 is 58.4 Å². The monoisotopic (exact) mass is 216 g/mol. The van der Waals surface area contributed by atoms with E-state index < -0.39 is 13.4 Å². The molecule has 0 atom stereocenters. The number of hydrogen-bond donors (Lipinski definition) is 0. The third kappa shape index (κ3) is 4.64. The van der Waals surface area contributed by atoms with Crippen LogP contribution in [0.1, 0.15) is 11.4 Å². The Hall–Kier alpha value is 0.701. The molecule has 0 aromatic carbocycles. The van der Waals surface area contributed by atoms with E-state index in [0.717, 1.165) is 4.68 Å². The molecule has 1 aromatic rings. The molecule has 0 spiro atoms. The van der Waals surface area contributed by atoms with Gasteiger partial charge in [-0.3, -0.25) is 4.68 Å². The van der Waals surface area contributed by atoms with Gasteiger partial charge in [-0.25, -0.2) is 0 Å². The van der Waals surface area contributed by atoms with Gasteiger partial charge in [-0.05, 0) is 19.9 Å². The van der Waals surface area contributed by atoms with E-state index in [-0.39, 0.29) is 51.4 Å². The number of hydrogen-bond acceptors (Lipinski definition) is 1. The van der Waals surface area contributed by atoms with Crippen LogP contribution in [0.4, 0.5) is 12.9 Å².